The minimum atomic E-state index is -0.175. The molecule has 1 N–H and O–H groups in total. The number of nitrogens with one attached hydrogen (secondary N) is 1. The van der Waals surface area contributed by atoms with Crippen LogP contribution in [-0.4, -0.2) is 17.8 Å². The molecule has 0 unspecified atom stereocenters. The third kappa shape index (κ3) is 5.81. The Bertz CT molecular complexity index is 646. The Morgan fingerprint density at radius 3 is 2.70 bits per heavy atom. The predicted molar refractivity (Wildman–Crippen MR) is 96.2 cm³/mol. The number of benzene rings is 2. The molecular weight excluding hydrogens is 330 g/mol. The molecule has 0 spiro atoms. The minimum absolute atomic E-state index is 0.00626. The molecule has 0 fully saturated rings. The van der Waals surface area contributed by atoms with E-state index in [9.17, 15) is 4.79 Å². The molecule has 3 nitrogen and oxygen atoms in total. The molecule has 0 saturated heterocycles. The fraction of sp³-hybridized carbons (Fsp3) is 0.278. The Morgan fingerprint density at radius 1 is 1.26 bits per heavy atom. The Labute approximate surface area is 146 Å². The average molecular weight is 350 g/mol. The number of rotatable bonds is 7. The maximum atomic E-state index is 12.2. The zero-order chi connectivity index (χ0) is 16.7. The smallest absolute Gasteiger partial charge is 0.233 e. The first-order valence-corrected chi connectivity index (χ1v) is 8.76. The summed E-state index contributed by atoms with van der Waals surface area (Å²) in [5, 5.41) is 3.48. The third-order valence-electron chi connectivity index (χ3n) is 3.17. The standard InChI is InChI=1S/C18H20ClNO2S/c1-3-22-16-6-4-5-14(11-16)12-20-18(21)13(2)23-17-9-7-15(19)8-10-17/h4-11,13H,3,12H2,1-2H3,(H,20,21)/t13-/m0/s1. The van der Waals surface area contributed by atoms with Gasteiger partial charge in [-0.25, -0.2) is 0 Å². The van der Waals surface area contributed by atoms with Crippen LogP contribution in [0.3, 0.4) is 0 Å². The minimum Gasteiger partial charge on any atom is -0.494 e. The van der Waals surface area contributed by atoms with Crippen LogP contribution < -0.4 is 10.1 Å². The normalized spacial score (nSPS) is 11.8. The topological polar surface area (TPSA) is 38.3 Å². The molecule has 2 aromatic rings. The van der Waals surface area contributed by atoms with Crippen LogP contribution in [0, 0.1) is 0 Å². The van der Waals surface area contributed by atoms with E-state index in [0.717, 1.165) is 16.2 Å². The summed E-state index contributed by atoms with van der Waals surface area (Å²) in [5.74, 6) is 0.828. The van der Waals surface area contributed by atoms with Crippen molar-refractivity contribution in [1.82, 2.24) is 5.32 Å². The van der Waals surface area contributed by atoms with Gasteiger partial charge in [-0.1, -0.05) is 23.7 Å². The van der Waals surface area contributed by atoms with Crippen molar-refractivity contribution in [2.75, 3.05) is 6.61 Å². The van der Waals surface area contributed by atoms with Crippen LogP contribution >= 0.6 is 23.4 Å². The van der Waals surface area contributed by atoms with Crippen LogP contribution in [0.15, 0.2) is 53.4 Å². The molecule has 0 saturated carbocycles. The van der Waals surface area contributed by atoms with Crippen LogP contribution in [0.1, 0.15) is 19.4 Å². The van der Waals surface area contributed by atoms with Gasteiger partial charge in [0, 0.05) is 16.5 Å². The molecule has 122 valence electrons. The maximum Gasteiger partial charge on any atom is 0.233 e. The van der Waals surface area contributed by atoms with Crippen molar-refractivity contribution in [3.63, 3.8) is 0 Å². The number of halogens is 1. The summed E-state index contributed by atoms with van der Waals surface area (Å²) in [5.41, 5.74) is 1.02. The van der Waals surface area contributed by atoms with Gasteiger partial charge in [0.25, 0.3) is 0 Å². The summed E-state index contributed by atoms with van der Waals surface area (Å²) < 4.78 is 5.46. The molecule has 0 aliphatic rings. The van der Waals surface area contributed by atoms with E-state index in [1.54, 1.807) is 0 Å². The largest absolute Gasteiger partial charge is 0.494 e. The third-order valence-corrected chi connectivity index (χ3v) is 4.54. The molecule has 2 aromatic carbocycles. The highest BCUT2D eigenvalue weighted by atomic mass is 35.5. The molecule has 5 heteroatoms. The molecule has 0 heterocycles. The van der Waals surface area contributed by atoms with E-state index >= 15 is 0 Å². The van der Waals surface area contributed by atoms with Crippen molar-refractivity contribution in [2.24, 2.45) is 0 Å². The molecule has 1 atom stereocenters. The SMILES string of the molecule is CCOc1cccc(CNC(=O)[C@H](C)Sc2ccc(Cl)cc2)c1. The average Bonchev–Trinajstić information content (AvgIpc) is 2.55. The molecule has 2 rings (SSSR count). The Morgan fingerprint density at radius 2 is 2.00 bits per heavy atom. The highest BCUT2D eigenvalue weighted by Crippen LogP contribution is 2.24. The number of hydrogen-bond acceptors (Lipinski definition) is 3. The lowest BCUT2D eigenvalue weighted by molar-refractivity contribution is -0.120. The van der Waals surface area contributed by atoms with Crippen molar-refractivity contribution in [3.8, 4) is 5.75 Å². The second-order valence-electron chi connectivity index (χ2n) is 5.01. The predicted octanol–water partition coefficient (Wildman–Crippen LogP) is 4.54. The van der Waals surface area contributed by atoms with Gasteiger partial charge in [-0.05, 0) is 55.8 Å². The fourth-order valence-corrected chi connectivity index (χ4v) is 3.03. The molecule has 0 aliphatic carbocycles. The second-order valence-corrected chi connectivity index (χ2v) is 6.86. The molecule has 1 amide bonds. The van der Waals surface area contributed by atoms with Gasteiger partial charge < -0.3 is 10.1 Å². The maximum absolute atomic E-state index is 12.2. The molecule has 0 aliphatic heterocycles. The number of ether oxygens (including phenoxy) is 1. The molecule has 0 aromatic heterocycles. The van der Waals surface area contributed by atoms with Crippen LogP contribution in [0.4, 0.5) is 0 Å². The van der Waals surface area contributed by atoms with Gasteiger partial charge in [0.05, 0.1) is 11.9 Å². The summed E-state index contributed by atoms with van der Waals surface area (Å²) in [4.78, 5) is 13.2. The zero-order valence-corrected chi connectivity index (χ0v) is 14.8. The molecule has 0 radical (unpaired) electrons. The first-order valence-electron chi connectivity index (χ1n) is 7.50. The summed E-state index contributed by atoms with van der Waals surface area (Å²) in [7, 11) is 0. The Kier molecular flexibility index (Phi) is 6.81. The number of hydrogen-bond donors (Lipinski definition) is 1. The molecule has 0 bridgehead atoms. The van der Waals surface area contributed by atoms with Gasteiger partial charge in [-0.15, -0.1) is 11.8 Å². The van der Waals surface area contributed by atoms with Crippen molar-refractivity contribution in [3.05, 3.63) is 59.1 Å². The van der Waals surface area contributed by atoms with Gasteiger partial charge in [0.2, 0.25) is 5.91 Å². The summed E-state index contributed by atoms with van der Waals surface area (Å²) in [6, 6.07) is 15.2. The highest BCUT2D eigenvalue weighted by Gasteiger charge is 2.14. The van der Waals surface area contributed by atoms with Crippen molar-refractivity contribution >= 4 is 29.3 Å². The fourth-order valence-electron chi connectivity index (χ4n) is 2.02. The summed E-state index contributed by atoms with van der Waals surface area (Å²) >= 11 is 7.38. The van der Waals surface area contributed by atoms with E-state index in [1.165, 1.54) is 11.8 Å². The molecular formula is C18H20ClNO2S. The zero-order valence-electron chi connectivity index (χ0n) is 13.2. The van der Waals surface area contributed by atoms with Gasteiger partial charge in [0.15, 0.2) is 0 Å². The van der Waals surface area contributed by atoms with Gasteiger partial charge in [-0.2, -0.15) is 0 Å². The first kappa shape index (κ1) is 17.7. The van der Waals surface area contributed by atoms with Gasteiger partial charge in [-0.3, -0.25) is 4.79 Å². The van der Waals surface area contributed by atoms with E-state index in [4.69, 9.17) is 16.3 Å². The number of thioether (sulfide) groups is 1. The number of carbonyl (C=O) groups is 1. The van der Waals surface area contributed by atoms with E-state index in [-0.39, 0.29) is 11.2 Å². The van der Waals surface area contributed by atoms with Gasteiger partial charge in [0.1, 0.15) is 5.75 Å². The van der Waals surface area contributed by atoms with Crippen LogP contribution in [0.25, 0.3) is 0 Å². The lowest BCUT2D eigenvalue weighted by atomic mass is 10.2. The Balaban J connectivity index is 1.86. The van der Waals surface area contributed by atoms with Crippen molar-refractivity contribution in [2.45, 2.75) is 30.5 Å². The van der Waals surface area contributed by atoms with Crippen LogP contribution in [0.2, 0.25) is 5.02 Å². The highest BCUT2D eigenvalue weighted by molar-refractivity contribution is 8.00. The first-order chi connectivity index (χ1) is 11.1. The quantitative estimate of drug-likeness (QED) is 0.746. The van der Waals surface area contributed by atoms with Crippen molar-refractivity contribution in [1.29, 1.82) is 0 Å². The van der Waals surface area contributed by atoms with Crippen molar-refractivity contribution < 1.29 is 9.53 Å². The second kappa shape index (κ2) is 8.85. The number of amides is 1. The van der Waals surface area contributed by atoms with E-state index in [2.05, 4.69) is 5.32 Å². The van der Waals surface area contributed by atoms with E-state index < -0.39 is 0 Å². The van der Waals surface area contributed by atoms with Gasteiger partial charge >= 0.3 is 0 Å². The van der Waals surface area contributed by atoms with E-state index in [1.807, 2.05) is 62.4 Å². The number of carbonyl (C=O) groups excluding carboxylic acids is 1. The van der Waals surface area contributed by atoms with E-state index in [0.29, 0.717) is 18.2 Å². The summed E-state index contributed by atoms with van der Waals surface area (Å²) in [6.45, 7) is 4.96. The lowest BCUT2D eigenvalue weighted by Crippen LogP contribution is -2.30. The van der Waals surface area contributed by atoms with Crippen LogP contribution in [0.5, 0.6) is 5.75 Å². The summed E-state index contributed by atoms with van der Waals surface area (Å²) in [6.07, 6.45) is 0. The Hall–Kier alpha value is -1.65. The monoisotopic (exact) mass is 349 g/mol. The molecule has 23 heavy (non-hydrogen) atoms. The lowest BCUT2D eigenvalue weighted by Gasteiger charge is -2.12. The van der Waals surface area contributed by atoms with Crippen LogP contribution in [-0.2, 0) is 11.3 Å².